The van der Waals surface area contributed by atoms with Crippen molar-refractivity contribution in [2.45, 2.75) is 13.3 Å². The van der Waals surface area contributed by atoms with Gasteiger partial charge in [-0.3, -0.25) is 5.41 Å². The van der Waals surface area contributed by atoms with E-state index in [1.807, 2.05) is 6.92 Å². The number of para-hydroxylation sites is 1. The van der Waals surface area contributed by atoms with Gasteiger partial charge in [0, 0.05) is 6.42 Å². The standard InChI is InChI=1S/C13H14FN3OS/c1-8-12(13(15)16)19-11(17-8)6-7-18-10-5-3-2-4-9(10)14/h2-5H,6-7H2,1H3,(H3,15,16). The van der Waals surface area contributed by atoms with E-state index in [-0.39, 0.29) is 17.4 Å². The predicted octanol–water partition coefficient (Wildman–Crippen LogP) is 2.50. The topological polar surface area (TPSA) is 72.0 Å². The number of aromatic nitrogens is 1. The highest BCUT2D eigenvalue weighted by Gasteiger charge is 2.10. The van der Waals surface area contributed by atoms with Crippen LogP contribution in [0.1, 0.15) is 15.6 Å². The molecule has 1 aromatic carbocycles. The number of hydrogen-bond donors (Lipinski definition) is 2. The Morgan fingerprint density at radius 1 is 1.47 bits per heavy atom. The molecule has 0 amide bonds. The van der Waals surface area contributed by atoms with Gasteiger partial charge in [-0.25, -0.2) is 9.37 Å². The molecule has 3 N–H and O–H groups in total. The molecule has 2 rings (SSSR count). The third-order valence-corrected chi connectivity index (χ3v) is 3.75. The third-order valence-electron chi connectivity index (χ3n) is 2.50. The maximum Gasteiger partial charge on any atom is 0.165 e. The van der Waals surface area contributed by atoms with E-state index in [4.69, 9.17) is 15.9 Å². The van der Waals surface area contributed by atoms with E-state index in [2.05, 4.69) is 4.98 Å². The maximum atomic E-state index is 13.3. The van der Waals surface area contributed by atoms with Crippen LogP contribution in [0, 0.1) is 18.2 Å². The molecular weight excluding hydrogens is 265 g/mol. The quantitative estimate of drug-likeness (QED) is 0.652. The van der Waals surface area contributed by atoms with E-state index >= 15 is 0 Å². The molecule has 0 saturated heterocycles. The Morgan fingerprint density at radius 2 is 2.21 bits per heavy atom. The van der Waals surface area contributed by atoms with E-state index in [0.717, 1.165) is 10.7 Å². The van der Waals surface area contributed by atoms with Gasteiger partial charge in [0.15, 0.2) is 11.6 Å². The Morgan fingerprint density at radius 3 is 2.84 bits per heavy atom. The summed E-state index contributed by atoms with van der Waals surface area (Å²) >= 11 is 1.37. The van der Waals surface area contributed by atoms with Crippen LogP contribution in [0.3, 0.4) is 0 Å². The van der Waals surface area contributed by atoms with E-state index in [9.17, 15) is 4.39 Å². The molecule has 4 nitrogen and oxygen atoms in total. The maximum absolute atomic E-state index is 13.3. The summed E-state index contributed by atoms with van der Waals surface area (Å²) in [6.07, 6.45) is 0.563. The second-order valence-electron chi connectivity index (χ2n) is 3.96. The lowest BCUT2D eigenvalue weighted by molar-refractivity contribution is 0.305. The zero-order valence-electron chi connectivity index (χ0n) is 10.4. The Bertz CT molecular complexity index is 597. The summed E-state index contributed by atoms with van der Waals surface area (Å²) in [6, 6.07) is 6.28. The molecule has 100 valence electrons. The number of benzene rings is 1. The zero-order chi connectivity index (χ0) is 13.8. The number of hydrogen-bond acceptors (Lipinski definition) is 4. The molecule has 0 fully saturated rings. The summed E-state index contributed by atoms with van der Waals surface area (Å²) in [6.45, 7) is 2.15. The minimum absolute atomic E-state index is 0.0243. The molecule has 19 heavy (non-hydrogen) atoms. The van der Waals surface area contributed by atoms with Crippen LogP contribution in [0.25, 0.3) is 0 Å². The summed E-state index contributed by atoms with van der Waals surface area (Å²) < 4.78 is 18.7. The van der Waals surface area contributed by atoms with E-state index in [1.165, 1.54) is 17.4 Å². The molecule has 1 aromatic heterocycles. The summed E-state index contributed by atoms with van der Waals surface area (Å²) in [5.74, 6) is -0.110. The van der Waals surface area contributed by atoms with Crippen molar-refractivity contribution in [1.29, 1.82) is 5.41 Å². The SMILES string of the molecule is Cc1nc(CCOc2ccccc2F)sc1C(=N)N. The van der Waals surface area contributed by atoms with Crippen LogP contribution in [0.4, 0.5) is 4.39 Å². The van der Waals surface area contributed by atoms with Gasteiger partial charge in [-0.1, -0.05) is 12.1 Å². The summed E-state index contributed by atoms with van der Waals surface area (Å²) in [7, 11) is 0. The molecule has 0 radical (unpaired) electrons. The molecule has 0 unspecified atom stereocenters. The third kappa shape index (κ3) is 3.29. The molecule has 6 heteroatoms. The normalized spacial score (nSPS) is 10.4. The number of nitrogen functional groups attached to an aromatic ring is 1. The van der Waals surface area contributed by atoms with E-state index < -0.39 is 0 Å². The molecular formula is C13H14FN3OS. The van der Waals surface area contributed by atoms with E-state index in [0.29, 0.717) is 17.9 Å². The lowest BCUT2D eigenvalue weighted by Gasteiger charge is -2.05. The first-order valence-electron chi connectivity index (χ1n) is 5.76. The van der Waals surface area contributed by atoms with Gasteiger partial charge in [-0.2, -0.15) is 0 Å². The highest BCUT2D eigenvalue weighted by molar-refractivity contribution is 7.13. The number of thiazole rings is 1. The first kappa shape index (κ1) is 13.5. The minimum atomic E-state index is -0.373. The Labute approximate surface area is 114 Å². The van der Waals surface area contributed by atoms with Crippen molar-refractivity contribution in [2.24, 2.45) is 5.73 Å². The van der Waals surface area contributed by atoms with Crippen LogP contribution in [0.2, 0.25) is 0 Å². The highest BCUT2D eigenvalue weighted by atomic mass is 32.1. The van der Waals surface area contributed by atoms with Crippen molar-refractivity contribution in [2.75, 3.05) is 6.61 Å². The van der Waals surface area contributed by atoms with Crippen LogP contribution in [0.5, 0.6) is 5.75 Å². The second kappa shape index (κ2) is 5.79. The van der Waals surface area contributed by atoms with Gasteiger partial charge in [0.25, 0.3) is 0 Å². The Kier molecular flexibility index (Phi) is 4.11. The Balaban J connectivity index is 1.95. The molecule has 0 saturated carbocycles. The van der Waals surface area contributed by atoms with Crippen molar-refractivity contribution < 1.29 is 9.13 Å². The molecule has 0 atom stereocenters. The number of rotatable bonds is 5. The predicted molar refractivity (Wildman–Crippen MR) is 73.5 cm³/mol. The number of amidine groups is 1. The first-order valence-corrected chi connectivity index (χ1v) is 6.57. The average Bonchev–Trinajstić information content (AvgIpc) is 2.73. The van der Waals surface area contributed by atoms with Crippen molar-refractivity contribution in [3.05, 3.63) is 45.7 Å². The lowest BCUT2D eigenvalue weighted by atomic mass is 10.3. The monoisotopic (exact) mass is 279 g/mol. The number of aryl methyl sites for hydroxylation is 1. The first-order chi connectivity index (χ1) is 9.08. The molecule has 1 heterocycles. The molecule has 0 spiro atoms. The molecule has 0 aliphatic carbocycles. The number of nitrogens with zero attached hydrogens (tertiary/aromatic N) is 1. The fourth-order valence-corrected chi connectivity index (χ4v) is 2.53. The van der Waals surface area contributed by atoms with Crippen LogP contribution < -0.4 is 10.5 Å². The van der Waals surface area contributed by atoms with E-state index in [1.54, 1.807) is 18.2 Å². The highest BCUT2D eigenvalue weighted by Crippen LogP contribution is 2.19. The van der Waals surface area contributed by atoms with Gasteiger partial charge in [0.1, 0.15) is 5.84 Å². The molecule has 0 aliphatic heterocycles. The van der Waals surface area contributed by atoms with Gasteiger partial charge in [0.05, 0.1) is 22.2 Å². The number of nitrogens with one attached hydrogen (secondary N) is 1. The van der Waals surface area contributed by atoms with Crippen LogP contribution in [0.15, 0.2) is 24.3 Å². The summed E-state index contributed by atoms with van der Waals surface area (Å²) in [5.41, 5.74) is 6.19. The van der Waals surface area contributed by atoms with Crippen molar-refractivity contribution in [3.63, 3.8) is 0 Å². The fraction of sp³-hybridized carbons (Fsp3) is 0.231. The van der Waals surface area contributed by atoms with Gasteiger partial charge in [0.2, 0.25) is 0 Å². The van der Waals surface area contributed by atoms with Crippen LogP contribution in [-0.2, 0) is 6.42 Å². The van der Waals surface area contributed by atoms with Crippen LogP contribution in [-0.4, -0.2) is 17.4 Å². The van der Waals surface area contributed by atoms with Crippen molar-refractivity contribution in [3.8, 4) is 5.75 Å². The Hall–Kier alpha value is -1.95. The van der Waals surface area contributed by atoms with Crippen LogP contribution >= 0.6 is 11.3 Å². The zero-order valence-corrected chi connectivity index (χ0v) is 11.3. The smallest absolute Gasteiger partial charge is 0.165 e. The largest absolute Gasteiger partial charge is 0.490 e. The van der Waals surface area contributed by atoms with Gasteiger partial charge in [-0.05, 0) is 19.1 Å². The van der Waals surface area contributed by atoms with Gasteiger partial charge in [-0.15, -0.1) is 11.3 Å². The summed E-state index contributed by atoms with van der Waals surface area (Å²) in [5, 5.41) is 8.23. The number of nitrogens with two attached hydrogens (primary N) is 1. The average molecular weight is 279 g/mol. The number of halogens is 1. The molecule has 2 aromatic rings. The minimum Gasteiger partial charge on any atom is -0.490 e. The number of ether oxygens (including phenoxy) is 1. The second-order valence-corrected chi connectivity index (χ2v) is 5.05. The van der Waals surface area contributed by atoms with Gasteiger partial charge < -0.3 is 10.5 Å². The fourth-order valence-electron chi connectivity index (χ4n) is 1.62. The lowest BCUT2D eigenvalue weighted by Crippen LogP contribution is -2.10. The molecule has 0 bridgehead atoms. The van der Waals surface area contributed by atoms with Gasteiger partial charge >= 0.3 is 0 Å². The van der Waals surface area contributed by atoms with Crippen molar-refractivity contribution in [1.82, 2.24) is 4.98 Å². The summed E-state index contributed by atoms with van der Waals surface area (Å²) in [4.78, 5) is 4.99. The van der Waals surface area contributed by atoms with Crippen molar-refractivity contribution >= 4 is 17.2 Å². The molecule has 0 aliphatic rings.